The standard InChI is InChI=1S/C19H32N4O/c1-4-16(5-2)15-23-19(20-6-3)22-14-10-13-21-18(24)17-11-8-7-9-12-17/h7-9,11-12,16H,4-6,10,13-15H2,1-3H3,(H,21,24)(H2,20,22,23). The molecule has 134 valence electrons. The minimum absolute atomic E-state index is 0.0232. The molecular weight excluding hydrogens is 300 g/mol. The molecule has 5 heteroatoms. The first-order valence-corrected chi connectivity index (χ1v) is 9.06. The quantitative estimate of drug-likeness (QED) is 0.351. The highest BCUT2D eigenvalue weighted by atomic mass is 16.1. The molecule has 0 radical (unpaired) electrons. The average molecular weight is 332 g/mol. The summed E-state index contributed by atoms with van der Waals surface area (Å²) in [5, 5.41) is 9.52. The monoisotopic (exact) mass is 332 g/mol. The summed E-state index contributed by atoms with van der Waals surface area (Å²) in [7, 11) is 0. The van der Waals surface area contributed by atoms with Gasteiger partial charge >= 0.3 is 0 Å². The SMILES string of the molecule is CCNC(=NCC(CC)CC)NCCCNC(=O)c1ccccc1. The van der Waals surface area contributed by atoms with Gasteiger partial charge in [0.15, 0.2) is 5.96 Å². The van der Waals surface area contributed by atoms with Crippen LogP contribution in [0.15, 0.2) is 35.3 Å². The number of nitrogens with one attached hydrogen (secondary N) is 3. The second-order valence-corrected chi connectivity index (χ2v) is 5.80. The highest BCUT2D eigenvalue weighted by molar-refractivity contribution is 5.94. The van der Waals surface area contributed by atoms with E-state index in [2.05, 4.69) is 41.7 Å². The molecule has 0 saturated heterocycles. The molecule has 0 aromatic heterocycles. The van der Waals surface area contributed by atoms with E-state index >= 15 is 0 Å². The van der Waals surface area contributed by atoms with E-state index in [0.717, 1.165) is 44.9 Å². The molecule has 1 aromatic carbocycles. The number of aliphatic imine (C=N–C) groups is 1. The number of guanidine groups is 1. The molecule has 0 unspecified atom stereocenters. The lowest BCUT2D eigenvalue weighted by atomic mass is 10.0. The number of hydrogen-bond donors (Lipinski definition) is 3. The molecule has 0 bridgehead atoms. The topological polar surface area (TPSA) is 65.5 Å². The molecule has 0 spiro atoms. The van der Waals surface area contributed by atoms with Crippen LogP contribution >= 0.6 is 0 Å². The van der Waals surface area contributed by atoms with Crippen LogP contribution in [0, 0.1) is 5.92 Å². The third kappa shape index (κ3) is 7.99. The van der Waals surface area contributed by atoms with Crippen molar-refractivity contribution in [2.24, 2.45) is 10.9 Å². The second-order valence-electron chi connectivity index (χ2n) is 5.80. The van der Waals surface area contributed by atoms with Gasteiger partial charge in [-0.15, -0.1) is 0 Å². The van der Waals surface area contributed by atoms with Gasteiger partial charge in [0.1, 0.15) is 0 Å². The molecule has 0 aliphatic rings. The number of nitrogens with zero attached hydrogens (tertiary/aromatic N) is 1. The number of amides is 1. The Bertz CT molecular complexity index is 483. The van der Waals surface area contributed by atoms with Crippen molar-refractivity contribution in [2.45, 2.75) is 40.0 Å². The van der Waals surface area contributed by atoms with Crippen LogP contribution in [0.5, 0.6) is 0 Å². The largest absolute Gasteiger partial charge is 0.357 e. The Labute approximate surface area is 146 Å². The lowest BCUT2D eigenvalue weighted by molar-refractivity contribution is 0.0953. The van der Waals surface area contributed by atoms with Crippen molar-refractivity contribution >= 4 is 11.9 Å². The molecule has 1 aromatic rings. The highest BCUT2D eigenvalue weighted by Crippen LogP contribution is 2.07. The van der Waals surface area contributed by atoms with Crippen LogP contribution in [-0.4, -0.2) is 38.0 Å². The Hall–Kier alpha value is -2.04. The number of benzene rings is 1. The summed E-state index contributed by atoms with van der Waals surface area (Å²) in [6.45, 7) is 9.61. The van der Waals surface area contributed by atoms with Crippen molar-refractivity contribution < 1.29 is 4.79 Å². The second kappa shape index (κ2) is 12.4. The van der Waals surface area contributed by atoms with Gasteiger partial charge in [-0.1, -0.05) is 44.9 Å². The maximum atomic E-state index is 11.9. The van der Waals surface area contributed by atoms with E-state index in [4.69, 9.17) is 0 Å². The van der Waals surface area contributed by atoms with Gasteiger partial charge in [-0.3, -0.25) is 9.79 Å². The van der Waals surface area contributed by atoms with Gasteiger partial charge in [-0.05, 0) is 31.4 Å². The Morgan fingerprint density at radius 1 is 1.00 bits per heavy atom. The van der Waals surface area contributed by atoms with Gasteiger partial charge in [0.25, 0.3) is 5.91 Å². The number of rotatable bonds is 10. The van der Waals surface area contributed by atoms with Crippen molar-refractivity contribution in [3.63, 3.8) is 0 Å². The molecule has 1 rings (SSSR count). The predicted molar refractivity (Wildman–Crippen MR) is 101 cm³/mol. The third-order valence-corrected chi connectivity index (χ3v) is 3.97. The minimum Gasteiger partial charge on any atom is -0.357 e. The predicted octanol–water partition coefficient (Wildman–Crippen LogP) is 2.80. The van der Waals surface area contributed by atoms with Gasteiger partial charge in [0.05, 0.1) is 0 Å². The Morgan fingerprint density at radius 3 is 2.29 bits per heavy atom. The summed E-state index contributed by atoms with van der Waals surface area (Å²) in [4.78, 5) is 16.6. The molecule has 5 nitrogen and oxygen atoms in total. The van der Waals surface area contributed by atoms with E-state index in [1.54, 1.807) is 0 Å². The van der Waals surface area contributed by atoms with E-state index in [1.807, 2.05) is 30.3 Å². The maximum absolute atomic E-state index is 11.9. The summed E-state index contributed by atoms with van der Waals surface area (Å²) in [6, 6.07) is 9.29. The molecule has 0 heterocycles. The first-order chi connectivity index (χ1) is 11.7. The minimum atomic E-state index is -0.0232. The Morgan fingerprint density at radius 2 is 1.67 bits per heavy atom. The van der Waals surface area contributed by atoms with E-state index in [9.17, 15) is 4.79 Å². The normalized spacial score (nSPS) is 11.4. The van der Waals surface area contributed by atoms with E-state index in [-0.39, 0.29) is 5.91 Å². The molecule has 1 amide bonds. The van der Waals surface area contributed by atoms with Gasteiger partial charge in [0, 0.05) is 31.7 Å². The van der Waals surface area contributed by atoms with Crippen molar-refractivity contribution in [3.8, 4) is 0 Å². The van der Waals surface area contributed by atoms with Crippen LogP contribution in [0.4, 0.5) is 0 Å². The summed E-state index contributed by atoms with van der Waals surface area (Å²) in [5.74, 6) is 1.48. The molecule has 0 fully saturated rings. The molecular formula is C19H32N4O. The fraction of sp³-hybridized carbons (Fsp3) is 0.579. The van der Waals surface area contributed by atoms with Crippen LogP contribution in [0.2, 0.25) is 0 Å². The molecule has 0 aliphatic carbocycles. The van der Waals surface area contributed by atoms with Crippen LogP contribution in [-0.2, 0) is 0 Å². The van der Waals surface area contributed by atoms with Crippen LogP contribution in [0.25, 0.3) is 0 Å². The fourth-order valence-electron chi connectivity index (χ4n) is 2.30. The van der Waals surface area contributed by atoms with E-state index in [1.165, 1.54) is 0 Å². The Kier molecular flexibility index (Phi) is 10.3. The average Bonchev–Trinajstić information content (AvgIpc) is 2.62. The number of hydrogen-bond acceptors (Lipinski definition) is 2. The fourth-order valence-corrected chi connectivity index (χ4v) is 2.30. The van der Waals surface area contributed by atoms with E-state index < -0.39 is 0 Å². The van der Waals surface area contributed by atoms with Gasteiger partial charge in [-0.25, -0.2) is 0 Å². The smallest absolute Gasteiger partial charge is 0.251 e. The van der Waals surface area contributed by atoms with E-state index in [0.29, 0.717) is 18.0 Å². The highest BCUT2D eigenvalue weighted by Gasteiger charge is 2.04. The summed E-state index contributed by atoms with van der Waals surface area (Å²) in [6.07, 6.45) is 3.17. The van der Waals surface area contributed by atoms with Crippen molar-refractivity contribution in [3.05, 3.63) is 35.9 Å². The van der Waals surface area contributed by atoms with Gasteiger partial charge < -0.3 is 16.0 Å². The number of carbonyl (C=O) groups is 1. The molecule has 24 heavy (non-hydrogen) atoms. The van der Waals surface area contributed by atoms with Crippen molar-refractivity contribution in [2.75, 3.05) is 26.2 Å². The third-order valence-electron chi connectivity index (χ3n) is 3.97. The Balaban J connectivity index is 2.27. The zero-order chi connectivity index (χ0) is 17.6. The lowest BCUT2D eigenvalue weighted by Gasteiger charge is -2.14. The lowest BCUT2D eigenvalue weighted by Crippen LogP contribution is -2.39. The summed E-state index contributed by atoms with van der Waals surface area (Å²) < 4.78 is 0. The maximum Gasteiger partial charge on any atom is 0.251 e. The molecule has 0 saturated carbocycles. The van der Waals surface area contributed by atoms with Crippen molar-refractivity contribution in [1.29, 1.82) is 0 Å². The zero-order valence-corrected chi connectivity index (χ0v) is 15.3. The van der Waals surface area contributed by atoms with Crippen LogP contribution < -0.4 is 16.0 Å². The van der Waals surface area contributed by atoms with Crippen molar-refractivity contribution in [1.82, 2.24) is 16.0 Å². The molecule has 0 aliphatic heterocycles. The van der Waals surface area contributed by atoms with Crippen LogP contribution in [0.1, 0.15) is 50.4 Å². The first kappa shape index (κ1) is 20.0. The summed E-state index contributed by atoms with van der Waals surface area (Å²) in [5.41, 5.74) is 0.700. The summed E-state index contributed by atoms with van der Waals surface area (Å²) >= 11 is 0. The van der Waals surface area contributed by atoms with Gasteiger partial charge in [-0.2, -0.15) is 0 Å². The molecule has 3 N–H and O–H groups in total. The van der Waals surface area contributed by atoms with Gasteiger partial charge in [0.2, 0.25) is 0 Å². The van der Waals surface area contributed by atoms with Crippen LogP contribution in [0.3, 0.4) is 0 Å². The molecule has 0 atom stereocenters. The zero-order valence-electron chi connectivity index (χ0n) is 15.3. The number of carbonyl (C=O) groups excluding carboxylic acids is 1. The first-order valence-electron chi connectivity index (χ1n) is 9.06.